The molecule has 8 heteroatoms. The van der Waals surface area contributed by atoms with Gasteiger partial charge in [-0.2, -0.15) is 0 Å². The molecule has 0 aliphatic heterocycles. The molecule has 0 saturated carbocycles. The molecule has 0 aliphatic rings. The molecule has 2 aromatic carbocycles. The Bertz CT molecular complexity index is 892. The minimum absolute atomic E-state index is 0.0513. The SMILES string of the molecule is COC[C@@H](C)COc1ccc(C(C)(C)c2cc(Cl)c(OC[C@@H](CCl)OC(C)=O)c(Cl)c2)cc1. The maximum atomic E-state index is 11.2. The Labute approximate surface area is 211 Å². The Hall–Kier alpha value is -1.66. The summed E-state index contributed by atoms with van der Waals surface area (Å²) in [6.07, 6.45) is -0.592. The molecular formula is C25H31Cl3O5. The molecule has 0 fully saturated rings. The van der Waals surface area contributed by atoms with Crippen LogP contribution in [0.4, 0.5) is 0 Å². The van der Waals surface area contributed by atoms with Gasteiger partial charge in [-0.1, -0.05) is 56.1 Å². The normalized spacial score (nSPS) is 13.3. The third kappa shape index (κ3) is 7.96. The molecule has 0 N–H and O–H groups in total. The Kier molecular flexibility index (Phi) is 10.6. The molecule has 2 rings (SSSR count). The molecule has 0 heterocycles. The number of carbonyl (C=O) groups is 1. The number of carbonyl (C=O) groups excluding carboxylic acids is 1. The fourth-order valence-electron chi connectivity index (χ4n) is 3.29. The van der Waals surface area contributed by atoms with Crippen LogP contribution in [0.15, 0.2) is 36.4 Å². The number of benzene rings is 2. The van der Waals surface area contributed by atoms with E-state index in [4.69, 9.17) is 53.8 Å². The summed E-state index contributed by atoms with van der Waals surface area (Å²) < 4.78 is 21.8. The molecule has 0 amide bonds. The molecule has 0 spiro atoms. The monoisotopic (exact) mass is 516 g/mol. The van der Waals surface area contributed by atoms with Gasteiger partial charge in [-0.3, -0.25) is 4.79 Å². The fraction of sp³-hybridized carbons (Fsp3) is 0.480. The number of halogens is 3. The van der Waals surface area contributed by atoms with Gasteiger partial charge < -0.3 is 18.9 Å². The molecular weight excluding hydrogens is 487 g/mol. The Morgan fingerprint density at radius 2 is 1.58 bits per heavy atom. The second kappa shape index (κ2) is 12.7. The van der Waals surface area contributed by atoms with E-state index < -0.39 is 12.1 Å². The van der Waals surface area contributed by atoms with Crippen LogP contribution in [0.25, 0.3) is 0 Å². The molecule has 0 bridgehead atoms. The van der Waals surface area contributed by atoms with Gasteiger partial charge in [-0.25, -0.2) is 0 Å². The number of methoxy groups -OCH3 is 1. The minimum atomic E-state index is -0.592. The highest BCUT2D eigenvalue weighted by molar-refractivity contribution is 6.37. The van der Waals surface area contributed by atoms with Crippen molar-refractivity contribution in [2.24, 2.45) is 5.92 Å². The summed E-state index contributed by atoms with van der Waals surface area (Å²) in [5.74, 6) is 1.11. The molecule has 0 aromatic heterocycles. The highest BCUT2D eigenvalue weighted by Crippen LogP contribution is 2.40. The van der Waals surface area contributed by atoms with Crippen molar-refractivity contribution in [3.63, 3.8) is 0 Å². The lowest BCUT2D eigenvalue weighted by molar-refractivity contribution is -0.146. The van der Waals surface area contributed by atoms with Crippen LogP contribution in [-0.4, -0.2) is 44.9 Å². The second-order valence-corrected chi connectivity index (χ2v) is 9.61. The van der Waals surface area contributed by atoms with Gasteiger partial charge in [0.2, 0.25) is 0 Å². The van der Waals surface area contributed by atoms with E-state index >= 15 is 0 Å². The number of rotatable bonds is 12. The van der Waals surface area contributed by atoms with Crippen LogP contribution < -0.4 is 9.47 Å². The van der Waals surface area contributed by atoms with Crippen LogP contribution >= 0.6 is 34.8 Å². The van der Waals surface area contributed by atoms with E-state index in [2.05, 4.69) is 20.8 Å². The maximum Gasteiger partial charge on any atom is 0.303 e. The molecule has 2 atom stereocenters. The summed E-state index contributed by atoms with van der Waals surface area (Å²) in [6, 6.07) is 11.7. The highest BCUT2D eigenvalue weighted by atomic mass is 35.5. The van der Waals surface area contributed by atoms with Crippen molar-refractivity contribution in [3.05, 3.63) is 57.6 Å². The first-order valence-corrected chi connectivity index (χ1v) is 11.9. The second-order valence-electron chi connectivity index (χ2n) is 8.49. The van der Waals surface area contributed by atoms with E-state index in [9.17, 15) is 4.79 Å². The van der Waals surface area contributed by atoms with Crippen LogP contribution in [0, 0.1) is 5.92 Å². The van der Waals surface area contributed by atoms with Crippen LogP contribution in [0.3, 0.4) is 0 Å². The lowest BCUT2D eigenvalue weighted by Gasteiger charge is -2.27. The average molecular weight is 518 g/mol. The number of alkyl halides is 1. The summed E-state index contributed by atoms with van der Waals surface area (Å²) in [7, 11) is 1.68. The average Bonchev–Trinajstić information content (AvgIpc) is 2.76. The van der Waals surface area contributed by atoms with E-state index in [0.717, 1.165) is 16.9 Å². The molecule has 0 radical (unpaired) electrons. The zero-order valence-corrected chi connectivity index (χ0v) is 21.9. The third-order valence-electron chi connectivity index (χ3n) is 5.20. The van der Waals surface area contributed by atoms with E-state index in [-0.39, 0.29) is 17.9 Å². The Balaban J connectivity index is 2.14. The summed E-state index contributed by atoms with van der Waals surface area (Å²) in [4.78, 5) is 11.2. The van der Waals surface area contributed by atoms with Crippen molar-refractivity contribution in [1.29, 1.82) is 0 Å². The van der Waals surface area contributed by atoms with Crippen LogP contribution in [-0.2, 0) is 19.7 Å². The Morgan fingerprint density at radius 1 is 0.970 bits per heavy atom. The molecule has 5 nitrogen and oxygen atoms in total. The minimum Gasteiger partial charge on any atom is -0.493 e. The first-order valence-electron chi connectivity index (χ1n) is 10.7. The van der Waals surface area contributed by atoms with Gasteiger partial charge >= 0.3 is 5.97 Å². The van der Waals surface area contributed by atoms with Crippen molar-refractivity contribution in [2.45, 2.75) is 39.2 Å². The number of hydrogen-bond acceptors (Lipinski definition) is 5. The lowest BCUT2D eigenvalue weighted by Crippen LogP contribution is -2.26. The van der Waals surface area contributed by atoms with Gasteiger partial charge in [0.15, 0.2) is 5.75 Å². The summed E-state index contributed by atoms with van der Waals surface area (Å²) in [5.41, 5.74) is 1.64. The van der Waals surface area contributed by atoms with Crippen LogP contribution in [0.5, 0.6) is 11.5 Å². The molecule has 182 valence electrons. The quantitative estimate of drug-likeness (QED) is 0.237. The molecule has 0 aliphatic carbocycles. The predicted molar refractivity (Wildman–Crippen MR) is 133 cm³/mol. The number of hydrogen-bond donors (Lipinski definition) is 0. The molecule has 33 heavy (non-hydrogen) atoms. The van der Waals surface area contributed by atoms with Crippen molar-refractivity contribution >= 4 is 40.8 Å². The van der Waals surface area contributed by atoms with Crippen molar-refractivity contribution in [2.75, 3.05) is 32.8 Å². The molecule has 2 aromatic rings. The number of ether oxygens (including phenoxy) is 4. The third-order valence-corrected chi connectivity index (χ3v) is 6.11. The lowest BCUT2D eigenvalue weighted by atomic mass is 9.78. The van der Waals surface area contributed by atoms with E-state index in [1.165, 1.54) is 6.92 Å². The van der Waals surface area contributed by atoms with Gasteiger partial charge in [0, 0.05) is 25.4 Å². The summed E-state index contributed by atoms with van der Waals surface area (Å²) in [6.45, 7) is 8.88. The first kappa shape index (κ1) is 27.6. The van der Waals surface area contributed by atoms with Gasteiger partial charge in [0.25, 0.3) is 0 Å². The largest absolute Gasteiger partial charge is 0.493 e. The predicted octanol–water partition coefficient (Wildman–Crippen LogP) is 6.53. The number of esters is 1. The highest BCUT2D eigenvalue weighted by Gasteiger charge is 2.26. The standard InChI is InChI=1S/C25H31Cl3O5/c1-16(13-30-5)14-31-20-8-6-18(7-9-20)25(3,4)19-10-22(27)24(23(28)11-19)32-15-21(12-26)33-17(2)29/h6-11,16,21H,12-15H2,1-5H3/t16-,21-/m1/s1. The summed E-state index contributed by atoms with van der Waals surface area (Å²) in [5, 5.41) is 0.739. The maximum absolute atomic E-state index is 11.2. The van der Waals surface area contributed by atoms with Crippen molar-refractivity contribution in [1.82, 2.24) is 0 Å². The van der Waals surface area contributed by atoms with E-state index in [1.54, 1.807) is 7.11 Å². The van der Waals surface area contributed by atoms with Crippen LogP contribution in [0.2, 0.25) is 10.0 Å². The van der Waals surface area contributed by atoms with Crippen LogP contribution in [0.1, 0.15) is 38.8 Å². The zero-order chi connectivity index (χ0) is 24.6. The van der Waals surface area contributed by atoms with Gasteiger partial charge in [0.05, 0.1) is 29.1 Å². The smallest absolute Gasteiger partial charge is 0.303 e. The van der Waals surface area contributed by atoms with E-state index in [0.29, 0.717) is 34.9 Å². The van der Waals surface area contributed by atoms with Crippen molar-refractivity contribution < 1.29 is 23.7 Å². The fourth-order valence-corrected chi connectivity index (χ4v) is 4.03. The molecule has 0 saturated heterocycles. The van der Waals surface area contributed by atoms with Gasteiger partial charge in [-0.05, 0) is 35.4 Å². The topological polar surface area (TPSA) is 54.0 Å². The zero-order valence-electron chi connectivity index (χ0n) is 19.6. The van der Waals surface area contributed by atoms with Gasteiger partial charge in [-0.15, -0.1) is 11.6 Å². The first-order chi connectivity index (χ1) is 15.6. The summed E-state index contributed by atoms with van der Waals surface area (Å²) >= 11 is 18.8. The van der Waals surface area contributed by atoms with Gasteiger partial charge in [0.1, 0.15) is 18.5 Å². The van der Waals surface area contributed by atoms with E-state index in [1.807, 2.05) is 36.4 Å². The Morgan fingerprint density at radius 3 is 2.09 bits per heavy atom. The van der Waals surface area contributed by atoms with Crippen molar-refractivity contribution in [3.8, 4) is 11.5 Å². The molecule has 0 unspecified atom stereocenters.